The molecule has 1 aromatic heterocycles. The van der Waals surface area contributed by atoms with Crippen LogP contribution in [0, 0.1) is 0 Å². The fourth-order valence-corrected chi connectivity index (χ4v) is 1.96. The maximum atomic E-state index is 12.3. The predicted octanol–water partition coefficient (Wildman–Crippen LogP) is 1.18. The van der Waals surface area contributed by atoms with E-state index in [0.29, 0.717) is 17.1 Å². The molecule has 24 heavy (non-hydrogen) atoms. The quantitative estimate of drug-likeness (QED) is 0.798. The molecule has 0 saturated carbocycles. The van der Waals surface area contributed by atoms with Crippen molar-refractivity contribution >= 4 is 11.8 Å². The Morgan fingerprint density at radius 3 is 2.12 bits per heavy atom. The van der Waals surface area contributed by atoms with E-state index in [2.05, 4.69) is 15.8 Å². The summed E-state index contributed by atoms with van der Waals surface area (Å²) in [6.45, 7) is 0. The fraction of sp³-hybridized carbons (Fsp3) is 0.188. The molecule has 126 valence electrons. The highest BCUT2D eigenvalue weighted by molar-refractivity contribution is 6.00. The number of hydrogen-bond acceptors (Lipinski definition) is 6. The van der Waals surface area contributed by atoms with Gasteiger partial charge in [0.25, 0.3) is 11.8 Å². The molecule has 2 rings (SSSR count). The second-order valence-corrected chi connectivity index (χ2v) is 4.56. The first-order chi connectivity index (χ1) is 11.6. The molecule has 0 atom stereocenters. The lowest BCUT2D eigenvalue weighted by atomic mass is 10.1. The summed E-state index contributed by atoms with van der Waals surface area (Å²) in [5, 5.41) is 0. The largest absolute Gasteiger partial charge is 0.496 e. The maximum absolute atomic E-state index is 12.3. The van der Waals surface area contributed by atoms with E-state index in [1.807, 2.05) is 0 Å². The zero-order valence-electron chi connectivity index (χ0n) is 13.5. The Hall–Kier alpha value is -3.29. The second-order valence-electron chi connectivity index (χ2n) is 4.56. The van der Waals surface area contributed by atoms with E-state index < -0.39 is 11.8 Å². The minimum absolute atomic E-state index is 0.182. The monoisotopic (exact) mass is 331 g/mol. The summed E-state index contributed by atoms with van der Waals surface area (Å²) in [4.78, 5) is 28.1. The van der Waals surface area contributed by atoms with Crippen LogP contribution in [0.2, 0.25) is 0 Å². The normalized spacial score (nSPS) is 9.79. The molecule has 0 radical (unpaired) electrons. The number of benzene rings is 1. The molecule has 1 heterocycles. The molecule has 2 N–H and O–H groups in total. The predicted molar refractivity (Wildman–Crippen MR) is 85.3 cm³/mol. The molecule has 8 nitrogen and oxygen atoms in total. The number of pyridine rings is 1. The Balaban J connectivity index is 2.16. The fourth-order valence-electron chi connectivity index (χ4n) is 1.96. The number of carbonyl (C=O) groups is 2. The third-order valence-corrected chi connectivity index (χ3v) is 3.16. The molecule has 0 aliphatic heterocycles. The van der Waals surface area contributed by atoms with E-state index in [0.717, 1.165) is 0 Å². The van der Waals surface area contributed by atoms with Crippen molar-refractivity contribution < 1.29 is 23.8 Å². The summed E-state index contributed by atoms with van der Waals surface area (Å²) in [7, 11) is 4.35. The number of hydrogen-bond donors (Lipinski definition) is 2. The van der Waals surface area contributed by atoms with Crippen molar-refractivity contribution in [3.05, 3.63) is 47.8 Å². The smallest absolute Gasteiger partial charge is 0.273 e. The molecular weight excluding hydrogens is 314 g/mol. The number of ether oxygens (including phenoxy) is 3. The van der Waals surface area contributed by atoms with Gasteiger partial charge in [-0.1, -0.05) is 0 Å². The molecule has 0 fully saturated rings. The average Bonchev–Trinajstić information content (AvgIpc) is 2.65. The first kappa shape index (κ1) is 17.1. The number of methoxy groups -OCH3 is 3. The first-order valence-electron chi connectivity index (χ1n) is 6.91. The van der Waals surface area contributed by atoms with Crippen LogP contribution < -0.4 is 25.1 Å². The van der Waals surface area contributed by atoms with Gasteiger partial charge in [0.15, 0.2) is 11.5 Å². The number of amides is 2. The standard InChI is InChI=1S/C16H17N3O5/c1-22-12-8-14(24-3)13(23-2)7-11(12)16(21)19-18-15(20)10-5-4-6-17-9-10/h4-9H,1-3H3,(H,18,20)(H,19,21). The molecule has 2 aromatic rings. The Morgan fingerprint density at radius 2 is 1.54 bits per heavy atom. The molecule has 8 heteroatoms. The third kappa shape index (κ3) is 3.72. The van der Waals surface area contributed by atoms with Crippen LogP contribution in [0.15, 0.2) is 36.7 Å². The number of hydrazine groups is 1. The molecule has 0 spiro atoms. The van der Waals surface area contributed by atoms with E-state index in [1.54, 1.807) is 18.3 Å². The van der Waals surface area contributed by atoms with Gasteiger partial charge in [-0.2, -0.15) is 0 Å². The maximum Gasteiger partial charge on any atom is 0.273 e. The van der Waals surface area contributed by atoms with Gasteiger partial charge in [-0.25, -0.2) is 0 Å². The number of nitrogens with one attached hydrogen (secondary N) is 2. The molecule has 0 aliphatic rings. The molecule has 2 amide bonds. The van der Waals surface area contributed by atoms with Crippen LogP contribution in [-0.4, -0.2) is 38.1 Å². The summed E-state index contributed by atoms with van der Waals surface area (Å²) in [6, 6.07) is 6.18. The molecule has 0 saturated heterocycles. The van der Waals surface area contributed by atoms with Crippen LogP contribution in [0.5, 0.6) is 17.2 Å². The van der Waals surface area contributed by atoms with Crippen molar-refractivity contribution in [2.45, 2.75) is 0 Å². The number of rotatable bonds is 5. The highest BCUT2D eigenvalue weighted by atomic mass is 16.5. The van der Waals surface area contributed by atoms with Crippen LogP contribution in [-0.2, 0) is 0 Å². The molecular formula is C16H17N3O5. The summed E-state index contributed by atoms with van der Waals surface area (Å²) < 4.78 is 15.5. The van der Waals surface area contributed by atoms with E-state index in [1.165, 1.54) is 39.7 Å². The summed E-state index contributed by atoms with van der Waals surface area (Å²) in [5.74, 6) is 0.00838. The highest BCUT2D eigenvalue weighted by Gasteiger charge is 2.18. The van der Waals surface area contributed by atoms with Crippen molar-refractivity contribution in [3.63, 3.8) is 0 Å². The topological polar surface area (TPSA) is 98.8 Å². The number of carbonyl (C=O) groups excluding carboxylic acids is 2. The minimum Gasteiger partial charge on any atom is -0.496 e. The van der Waals surface area contributed by atoms with Gasteiger partial charge in [0, 0.05) is 24.5 Å². The zero-order valence-corrected chi connectivity index (χ0v) is 13.5. The summed E-state index contributed by atoms with van der Waals surface area (Å²) >= 11 is 0. The Morgan fingerprint density at radius 1 is 0.917 bits per heavy atom. The average molecular weight is 331 g/mol. The van der Waals surface area contributed by atoms with E-state index in [-0.39, 0.29) is 11.3 Å². The van der Waals surface area contributed by atoms with Gasteiger partial charge in [0.1, 0.15) is 5.75 Å². The molecule has 0 unspecified atom stereocenters. The lowest BCUT2D eigenvalue weighted by Crippen LogP contribution is -2.41. The summed E-state index contributed by atoms with van der Waals surface area (Å²) in [5.41, 5.74) is 5.13. The SMILES string of the molecule is COc1cc(OC)c(C(=O)NNC(=O)c2cccnc2)cc1OC. The Labute approximate surface area is 138 Å². The number of nitrogens with zero attached hydrogens (tertiary/aromatic N) is 1. The van der Waals surface area contributed by atoms with E-state index in [9.17, 15) is 9.59 Å². The Bertz CT molecular complexity index is 734. The van der Waals surface area contributed by atoms with Gasteiger partial charge < -0.3 is 14.2 Å². The van der Waals surface area contributed by atoms with E-state index in [4.69, 9.17) is 14.2 Å². The van der Waals surface area contributed by atoms with Crippen molar-refractivity contribution in [1.29, 1.82) is 0 Å². The first-order valence-corrected chi connectivity index (χ1v) is 6.91. The number of aromatic nitrogens is 1. The molecule has 0 bridgehead atoms. The second kappa shape index (κ2) is 7.82. The lowest BCUT2D eigenvalue weighted by molar-refractivity contribution is 0.0844. The van der Waals surface area contributed by atoms with Crippen molar-refractivity contribution in [2.24, 2.45) is 0 Å². The van der Waals surface area contributed by atoms with Gasteiger partial charge in [-0.05, 0) is 12.1 Å². The van der Waals surface area contributed by atoms with Crippen molar-refractivity contribution in [3.8, 4) is 17.2 Å². The Kier molecular flexibility index (Phi) is 5.56. The van der Waals surface area contributed by atoms with E-state index >= 15 is 0 Å². The molecule has 1 aromatic carbocycles. The van der Waals surface area contributed by atoms with Crippen LogP contribution in [0.1, 0.15) is 20.7 Å². The summed E-state index contributed by atoms with van der Waals surface area (Å²) in [6.07, 6.45) is 2.93. The highest BCUT2D eigenvalue weighted by Crippen LogP contribution is 2.34. The van der Waals surface area contributed by atoms with Crippen molar-refractivity contribution in [2.75, 3.05) is 21.3 Å². The van der Waals surface area contributed by atoms with Gasteiger partial charge in [0.05, 0.1) is 32.5 Å². The van der Waals surface area contributed by atoms with Crippen LogP contribution in [0.3, 0.4) is 0 Å². The van der Waals surface area contributed by atoms with Crippen LogP contribution >= 0.6 is 0 Å². The van der Waals surface area contributed by atoms with Crippen LogP contribution in [0.25, 0.3) is 0 Å². The van der Waals surface area contributed by atoms with Gasteiger partial charge in [-0.15, -0.1) is 0 Å². The van der Waals surface area contributed by atoms with Gasteiger partial charge >= 0.3 is 0 Å². The van der Waals surface area contributed by atoms with Gasteiger partial charge in [-0.3, -0.25) is 25.4 Å². The lowest BCUT2D eigenvalue weighted by Gasteiger charge is -2.14. The van der Waals surface area contributed by atoms with Gasteiger partial charge in [0.2, 0.25) is 0 Å². The third-order valence-electron chi connectivity index (χ3n) is 3.16. The molecule has 0 aliphatic carbocycles. The van der Waals surface area contributed by atoms with Crippen molar-refractivity contribution in [1.82, 2.24) is 15.8 Å². The minimum atomic E-state index is -0.565. The zero-order chi connectivity index (χ0) is 17.5. The van der Waals surface area contributed by atoms with Crippen LogP contribution in [0.4, 0.5) is 0 Å².